The second-order valence-electron chi connectivity index (χ2n) is 8.52. The fourth-order valence-corrected chi connectivity index (χ4v) is 3.91. The number of fused-ring (bicyclic) bond motifs is 1. The van der Waals surface area contributed by atoms with Crippen LogP contribution < -0.4 is 14.8 Å². The van der Waals surface area contributed by atoms with Gasteiger partial charge in [-0.25, -0.2) is 0 Å². The third-order valence-electron chi connectivity index (χ3n) is 5.99. The van der Waals surface area contributed by atoms with E-state index < -0.39 is 0 Å². The predicted octanol–water partition coefficient (Wildman–Crippen LogP) is 6.75. The number of hydrogen-bond donors (Lipinski definition) is 1. The molecule has 1 heterocycles. The first-order valence-corrected chi connectivity index (χ1v) is 11.8. The van der Waals surface area contributed by atoms with Crippen molar-refractivity contribution in [3.05, 3.63) is 101 Å². The Morgan fingerprint density at radius 2 is 1.71 bits per heavy atom. The SMILES string of the molecule is CCOc1cc2oc(C)c(C)c2cc1/C(C)=C/C(=O)NCc1ccc(OCc2ccccc2)cc1. The lowest BCUT2D eigenvalue weighted by atomic mass is 10.0. The fraction of sp³-hybridized carbons (Fsp3) is 0.233. The highest BCUT2D eigenvalue weighted by atomic mass is 16.5. The molecule has 0 atom stereocenters. The molecule has 0 fully saturated rings. The van der Waals surface area contributed by atoms with E-state index in [0.717, 1.165) is 50.3 Å². The number of rotatable bonds is 9. The van der Waals surface area contributed by atoms with Crippen LogP contribution in [0.3, 0.4) is 0 Å². The maximum atomic E-state index is 12.7. The molecular weight excluding hydrogens is 438 g/mol. The van der Waals surface area contributed by atoms with Gasteiger partial charge in [0.25, 0.3) is 0 Å². The van der Waals surface area contributed by atoms with Gasteiger partial charge in [0.2, 0.25) is 5.91 Å². The van der Waals surface area contributed by atoms with Gasteiger partial charge in [0.15, 0.2) is 0 Å². The molecule has 0 radical (unpaired) electrons. The van der Waals surface area contributed by atoms with Crippen molar-refractivity contribution in [1.82, 2.24) is 5.32 Å². The lowest BCUT2D eigenvalue weighted by molar-refractivity contribution is -0.116. The molecule has 4 aromatic rings. The monoisotopic (exact) mass is 469 g/mol. The molecule has 1 amide bonds. The van der Waals surface area contributed by atoms with E-state index in [1.54, 1.807) is 6.08 Å². The van der Waals surface area contributed by atoms with Crippen molar-refractivity contribution in [3.63, 3.8) is 0 Å². The van der Waals surface area contributed by atoms with Crippen LogP contribution in [0.5, 0.6) is 11.5 Å². The topological polar surface area (TPSA) is 60.7 Å². The lowest BCUT2D eigenvalue weighted by Crippen LogP contribution is -2.20. The normalized spacial score (nSPS) is 11.5. The Bertz CT molecular complexity index is 1330. The van der Waals surface area contributed by atoms with E-state index in [2.05, 4.69) is 5.32 Å². The van der Waals surface area contributed by atoms with Crippen molar-refractivity contribution in [2.45, 2.75) is 40.8 Å². The standard InChI is InChI=1S/C30H31NO4/c1-5-33-28-17-29-27(21(3)22(4)35-29)16-26(28)20(2)15-30(32)31-18-23-11-13-25(14-12-23)34-19-24-9-7-6-8-10-24/h6-17H,5,18-19H2,1-4H3,(H,31,32)/b20-15+. The van der Waals surface area contributed by atoms with Crippen LogP contribution in [0, 0.1) is 13.8 Å². The second-order valence-corrected chi connectivity index (χ2v) is 8.52. The molecule has 0 aliphatic carbocycles. The van der Waals surface area contributed by atoms with Crippen molar-refractivity contribution >= 4 is 22.4 Å². The van der Waals surface area contributed by atoms with Gasteiger partial charge in [0, 0.05) is 29.6 Å². The molecule has 0 saturated carbocycles. The minimum Gasteiger partial charge on any atom is -0.493 e. The van der Waals surface area contributed by atoms with E-state index in [1.807, 2.05) is 94.4 Å². The number of nitrogens with one attached hydrogen (secondary N) is 1. The second kappa shape index (κ2) is 11.0. The number of carbonyl (C=O) groups is 1. The Balaban J connectivity index is 1.40. The molecule has 4 rings (SSSR count). The first-order chi connectivity index (χ1) is 16.9. The van der Waals surface area contributed by atoms with Gasteiger partial charge < -0.3 is 19.2 Å². The van der Waals surface area contributed by atoms with Crippen LogP contribution in [0.1, 0.15) is 41.9 Å². The van der Waals surface area contributed by atoms with Crippen LogP contribution in [-0.4, -0.2) is 12.5 Å². The number of benzene rings is 3. The number of ether oxygens (including phenoxy) is 2. The summed E-state index contributed by atoms with van der Waals surface area (Å²) in [4.78, 5) is 12.7. The van der Waals surface area contributed by atoms with Crippen molar-refractivity contribution in [3.8, 4) is 11.5 Å². The minimum atomic E-state index is -0.158. The van der Waals surface area contributed by atoms with Gasteiger partial charge in [-0.3, -0.25) is 4.79 Å². The highest BCUT2D eigenvalue weighted by Crippen LogP contribution is 2.35. The zero-order chi connectivity index (χ0) is 24.8. The first-order valence-electron chi connectivity index (χ1n) is 11.8. The number of carbonyl (C=O) groups excluding carboxylic acids is 1. The first kappa shape index (κ1) is 24.1. The molecule has 1 N–H and O–H groups in total. The highest BCUT2D eigenvalue weighted by Gasteiger charge is 2.14. The van der Waals surface area contributed by atoms with Gasteiger partial charge in [-0.2, -0.15) is 0 Å². The molecule has 5 heteroatoms. The summed E-state index contributed by atoms with van der Waals surface area (Å²) in [5.41, 5.74) is 5.72. The van der Waals surface area contributed by atoms with E-state index in [4.69, 9.17) is 13.9 Å². The summed E-state index contributed by atoms with van der Waals surface area (Å²) in [7, 11) is 0. The molecule has 0 aliphatic heterocycles. The molecule has 0 bridgehead atoms. The number of allylic oxidation sites excluding steroid dienone is 1. The van der Waals surface area contributed by atoms with Gasteiger partial charge in [0.1, 0.15) is 29.4 Å². The summed E-state index contributed by atoms with van der Waals surface area (Å²) in [6.07, 6.45) is 1.61. The smallest absolute Gasteiger partial charge is 0.244 e. The number of aryl methyl sites for hydroxylation is 2. The van der Waals surface area contributed by atoms with Gasteiger partial charge in [-0.15, -0.1) is 0 Å². The average molecular weight is 470 g/mol. The summed E-state index contributed by atoms with van der Waals surface area (Å²) in [6.45, 7) is 9.33. The quantitative estimate of drug-likeness (QED) is 0.276. The number of furan rings is 1. The van der Waals surface area contributed by atoms with Crippen LogP contribution in [0.2, 0.25) is 0 Å². The Morgan fingerprint density at radius 3 is 2.43 bits per heavy atom. The molecule has 3 aromatic carbocycles. The predicted molar refractivity (Wildman–Crippen MR) is 140 cm³/mol. The zero-order valence-corrected chi connectivity index (χ0v) is 20.7. The zero-order valence-electron chi connectivity index (χ0n) is 20.7. The maximum Gasteiger partial charge on any atom is 0.244 e. The van der Waals surface area contributed by atoms with Crippen LogP contribution >= 0.6 is 0 Å². The summed E-state index contributed by atoms with van der Waals surface area (Å²) in [5, 5.41) is 4.00. The molecule has 0 unspecified atom stereocenters. The van der Waals surface area contributed by atoms with Crippen molar-refractivity contribution in [1.29, 1.82) is 0 Å². The Labute approximate surface area is 206 Å². The van der Waals surface area contributed by atoms with Crippen LogP contribution in [-0.2, 0) is 17.9 Å². The molecule has 0 spiro atoms. The van der Waals surface area contributed by atoms with Gasteiger partial charge in [-0.1, -0.05) is 42.5 Å². The molecule has 35 heavy (non-hydrogen) atoms. The third-order valence-corrected chi connectivity index (χ3v) is 5.99. The van der Waals surface area contributed by atoms with Crippen molar-refractivity contribution < 1.29 is 18.7 Å². The van der Waals surface area contributed by atoms with E-state index in [-0.39, 0.29) is 5.91 Å². The summed E-state index contributed by atoms with van der Waals surface area (Å²) >= 11 is 0. The molecular formula is C30H31NO4. The van der Waals surface area contributed by atoms with Crippen molar-refractivity contribution in [2.75, 3.05) is 6.61 Å². The summed E-state index contributed by atoms with van der Waals surface area (Å²) in [6, 6.07) is 21.8. The minimum absolute atomic E-state index is 0.158. The fourth-order valence-electron chi connectivity index (χ4n) is 3.91. The van der Waals surface area contributed by atoms with E-state index in [0.29, 0.717) is 25.5 Å². The van der Waals surface area contributed by atoms with Crippen LogP contribution in [0.4, 0.5) is 0 Å². The Hall–Kier alpha value is -3.99. The molecule has 5 nitrogen and oxygen atoms in total. The van der Waals surface area contributed by atoms with E-state index >= 15 is 0 Å². The summed E-state index contributed by atoms with van der Waals surface area (Å²) in [5.74, 6) is 2.23. The largest absolute Gasteiger partial charge is 0.493 e. The molecule has 0 aliphatic rings. The van der Waals surface area contributed by atoms with E-state index in [1.165, 1.54) is 0 Å². The van der Waals surface area contributed by atoms with Gasteiger partial charge in [-0.05, 0) is 68.2 Å². The molecule has 0 saturated heterocycles. The van der Waals surface area contributed by atoms with Crippen molar-refractivity contribution in [2.24, 2.45) is 0 Å². The summed E-state index contributed by atoms with van der Waals surface area (Å²) < 4.78 is 17.5. The van der Waals surface area contributed by atoms with E-state index in [9.17, 15) is 4.79 Å². The average Bonchev–Trinajstić information content (AvgIpc) is 3.14. The molecule has 1 aromatic heterocycles. The highest BCUT2D eigenvalue weighted by molar-refractivity contribution is 5.97. The number of amides is 1. The lowest BCUT2D eigenvalue weighted by Gasteiger charge is -2.11. The molecule has 180 valence electrons. The Kier molecular flexibility index (Phi) is 7.56. The third kappa shape index (κ3) is 5.93. The van der Waals surface area contributed by atoms with Crippen LogP contribution in [0.25, 0.3) is 16.5 Å². The maximum absolute atomic E-state index is 12.7. The number of hydrogen-bond acceptors (Lipinski definition) is 4. The Morgan fingerprint density at radius 1 is 0.971 bits per heavy atom. The van der Waals surface area contributed by atoms with Gasteiger partial charge in [0.05, 0.1) is 6.61 Å². The van der Waals surface area contributed by atoms with Gasteiger partial charge >= 0.3 is 0 Å². The van der Waals surface area contributed by atoms with Crippen LogP contribution in [0.15, 0.2) is 77.2 Å².